The molecule has 0 fully saturated rings. The van der Waals surface area contributed by atoms with Gasteiger partial charge in [-0.1, -0.05) is 13.3 Å². The van der Waals surface area contributed by atoms with Crippen LogP contribution in [-0.4, -0.2) is 33.2 Å². The number of ether oxygens (including phenoxy) is 1. The second-order valence-corrected chi connectivity index (χ2v) is 7.22. The lowest BCUT2D eigenvalue weighted by atomic mass is 10.1. The van der Waals surface area contributed by atoms with Crippen LogP contribution in [0.3, 0.4) is 0 Å². The van der Waals surface area contributed by atoms with Crippen molar-refractivity contribution < 1.29 is 17.9 Å². The van der Waals surface area contributed by atoms with Crippen molar-refractivity contribution in [1.82, 2.24) is 0 Å². The van der Waals surface area contributed by atoms with Crippen molar-refractivity contribution in [3.05, 3.63) is 35.7 Å². The van der Waals surface area contributed by atoms with Crippen LogP contribution >= 0.6 is 0 Å². The molecule has 6 heteroatoms. The highest BCUT2D eigenvalue weighted by Gasteiger charge is 2.31. The Morgan fingerprint density at radius 2 is 2.00 bits per heavy atom. The molecular formula is C16H21NO4S. The van der Waals surface area contributed by atoms with E-state index < -0.39 is 15.9 Å². The number of sulfone groups is 1. The second kappa shape index (κ2) is 6.96. The molecule has 1 aromatic rings. The number of carbonyl (C=O) groups is 1. The van der Waals surface area contributed by atoms with E-state index in [9.17, 15) is 13.2 Å². The number of methoxy groups -OCH3 is 1. The molecule has 0 N–H and O–H groups in total. The van der Waals surface area contributed by atoms with Crippen LogP contribution in [0.4, 0.5) is 5.69 Å². The predicted octanol–water partition coefficient (Wildman–Crippen LogP) is 2.53. The Hall–Kier alpha value is -1.82. The van der Waals surface area contributed by atoms with Gasteiger partial charge < -0.3 is 9.64 Å². The number of benzene rings is 1. The zero-order valence-corrected chi connectivity index (χ0v) is 13.7. The highest BCUT2D eigenvalue weighted by molar-refractivity contribution is 7.94. The molecule has 0 aliphatic carbocycles. The molecule has 0 spiro atoms. The number of hydrogen-bond donors (Lipinski definition) is 0. The number of unbranched alkanes of at least 4 members (excludes halogenated alkanes) is 1. The van der Waals surface area contributed by atoms with Gasteiger partial charge in [0.1, 0.15) is 5.75 Å². The van der Waals surface area contributed by atoms with Gasteiger partial charge >= 0.3 is 0 Å². The minimum absolute atomic E-state index is 0.0567. The van der Waals surface area contributed by atoms with Crippen molar-refractivity contribution in [1.29, 1.82) is 0 Å². The van der Waals surface area contributed by atoms with E-state index in [1.54, 1.807) is 42.4 Å². The van der Waals surface area contributed by atoms with Crippen LogP contribution in [0.25, 0.3) is 0 Å². The zero-order valence-electron chi connectivity index (χ0n) is 12.9. The lowest BCUT2D eigenvalue weighted by Crippen LogP contribution is -2.41. The number of anilines is 1. The molecule has 0 aromatic heterocycles. The fraction of sp³-hybridized carbons (Fsp3) is 0.438. The van der Waals surface area contributed by atoms with Crippen molar-refractivity contribution >= 4 is 21.4 Å². The molecule has 2 rings (SSSR count). The van der Waals surface area contributed by atoms with E-state index in [-0.39, 0.29) is 11.7 Å². The first kappa shape index (κ1) is 16.5. The summed E-state index contributed by atoms with van der Waals surface area (Å²) in [4.78, 5) is 14.1. The van der Waals surface area contributed by atoms with Gasteiger partial charge in [-0.2, -0.15) is 0 Å². The summed E-state index contributed by atoms with van der Waals surface area (Å²) in [6.07, 6.45) is 3.70. The molecule has 1 aromatic carbocycles. The zero-order chi connectivity index (χ0) is 16.2. The smallest absolute Gasteiger partial charge is 0.227 e. The Bertz CT molecular complexity index is 649. The van der Waals surface area contributed by atoms with Crippen LogP contribution in [0.5, 0.6) is 5.75 Å². The van der Waals surface area contributed by atoms with Gasteiger partial charge in [-0.05, 0) is 36.8 Å². The summed E-state index contributed by atoms with van der Waals surface area (Å²) >= 11 is 0. The quantitative estimate of drug-likeness (QED) is 0.807. The minimum atomic E-state index is -3.21. The molecule has 1 heterocycles. The Morgan fingerprint density at radius 1 is 1.32 bits per heavy atom. The van der Waals surface area contributed by atoms with Crippen LogP contribution in [0.2, 0.25) is 0 Å². The van der Waals surface area contributed by atoms with E-state index in [0.717, 1.165) is 12.8 Å². The van der Waals surface area contributed by atoms with Gasteiger partial charge in [-0.15, -0.1) is 0 Å². The van der Waals surface area contributed by atoms with Gasteiger partial charge in [0.15, 0.2) is 9.84 Å². The van der Waals surface area contributed by atoms with Crippen LogP contribution in [0, 0.1) is 0 Å². The molecule has 1 amide bonds. The van der Waals surface area contributed by atoms with Crippen molar-refractivity contribution in [2.75, 3.05) is 17.8 Å². The van der Waals surface area contributed by atoms with Gasteiger partial charge in [-0.3, -0.25) is 4.79 Å². The van der Waals surface area contributed by atoms with Crippen molar-refractivity contribution in [3.8, 4) is 5.75 Å². The summed E-state index contributed by atoms with van der Waals surface area (Å²) in [5.41, 5.74) is 0.689. The maximum Gasteiger partial charge on any atom is 0.227 e. The first-order valence-electron chi connectivity index (χ1n) is 7.34. The first-order valence-corrected chi connectivity index (χ1v) is 9.05. The van der Waals surface area contributed by atoms with Crippen LogP contribution in [0.1, 0.15) is 26.2 Å². The second-order valence-electron chi connectivity index (χ2n) is 5.29. The van der Waals surface area contributed by atoms with E-state index in [0.29, 0.717) is 17.9 Å². The van der Waals surface area contributed by atoms with Crippen molar-refractivity contribution in [2.24, 2.45) is 0 Å². The molecule has 0 bridgehead atoms. The van der Waals surface area contributed by atoms with E-state index >= 15 is 0 Å². The number of rotatable bonds is 6. The van der Waals surface area contributed by atoms with E-state index in [1.807, 2.05) is 6.92 Å². The Kier molecular flexibility index (Phi) is 5.24. The van der Waals surface area contributed by atoms with Crippen LogP contribution < -0.4 is 9.64 Å². The number of hydrogen-bond acceptors (Lipinski definition) is 4. The molecule has 1 atom stereocenters. The molecule has 0 unspecified atom stereocenters. The van der Waals surface area contributed by atoms with Crippen molar-refractivity contribution in [3.63, 3.8) is 0 Å². The fourth-order valence-corrected chi connectivity index (χ4v) is 3.70. The Balaban J connectivity index is 2.28. The highest BCUT2D eigenvalue weighted by Crippen LogP contribution is 2.26. The van der Waals surface area contributed by atoms with E-state index in [1.165, 1.54) is 5.41 Å². The molecule has 0 saturated heterocycles. The molecule has 1 aliphatic rings. The van der Waals surface area contributed by atoms with Crippen LogP contribution in [0.15, 0.2) is 35.7 Å². The third-order valence-electron chi connectivity index (χ3n) is 3.61. The average molecular weight is 323 g/mol. The Labute approximate surface area is 131 Å². The predicted molar refractivity (Wildman–Crippen MR) is 86.7 cm³/mol. The highest BCUT2D eigenvalue weighted by atomic mass is 32.2. The third kappa shape index (κ3) is 3.88. The van der Waals surface area contributed by atoms with Gasteiger partial charge in [0.05, 0.1) is 18.9 Å². The number of nitrogens with zero attached hydrogens (tertiary/aromatic N) is 1. The number of carbonyl (C=O) groups excluding carboxylic acids is 1. The molecule has 22 heavy (non-hydrogen) atoms. The lowest BCUT2D eigenvalue weighted by Gasteiger charge is -2.28. The maximum absolute atomic E-state index is 12.5. The summed E-state index contributed by atoms with van der Waals surface area (Å²) < 4.78 is 28.5. The summed E-state index contributed by atoms with van der Waals surface area (Å²) in [7, 11) is -1.64. The summed E-state index contributed by atoms with van der Waals surface area (Å²) in [5.74, 6) is 0.578. The topological polar surface area (TPSA) is 63.7 Å². The van der Waals surface area contributed by atoms with E-state index in [2.05, 4.69) is 0 Å². The minimum Gasteiger partial charge on any atom is -0.497 e. The van der Waals surface area contributed by atoms with Crippen molar-refractivity contribution in [2.45, 2.75) is 32.2 Å². The fourth-order valence-electron chi connectivity index (χ4n) is 2.43. The third-order valence-corrected chi connectivity index (χ3v) is 4.98. The molecule has 0 radical (unpaired) electrons. The summed E-state index contributed by atoms with van der Waals surface area (Å²) in [5, 5.41) is 1.20. The van der Waals surface area contributed by atoms with Gasteiger partial charge in [-0.25, -0.2) is 8.42 Å². The molecule has 5 nitrogen and oxygen atoms in total. The van der Waals surface area contributed by atoms with Crippen LogP contribution in [-0.2, 0) is 14.6 Å². The molecule has 0 saturated carbocycles. The lowest BCUT2D eigenvalue weighted by molar-refractivity contribution is -0.118. The summed E-state index contributed by atoms with van der Waals surface area (Å²) in [6, 6.07) is 6.65. The van der Waals surface area contributed by atoms with Gasteiger partial charge in [0.2, 0.25) is 5.91 Å². The van der Waals surface area contributed by atoms with E-state index in [4.69, 9.17) is 4.74 Å². The average Bonchev–Trinajstić information content (AvgIpc) is 2.86. The Morgan fingerprint density at radius 3 is 2.50 bits per heavy atom. The number of amides is 1. The van der Waals surface area contributed by atoms with Gasteiger partial charge in [0, 0.05) is 17.5 Å². The maximum atomic E-state index is 12.5. The molecular weight excluding hydrogens is 302 g/mol. The first-order chi connectivity index (χ1) is 10.5. The molecule has 1 aliphatic heterocycles. The monoisotopic (exact) mass is 323 g/mol. The normalized spacial score (nSPS) is 19.1. The largest absolute Gasteiger partial charge is 0.497 e. The SMILES string of the molecule is CCCCC(=O)N(c1ccc(OC)cc1)[C@H]1C=CS(=O)(=O)C1. The molecule has 120 valence electrons. The summed E-state index contributed by atoms with van der Waals surface area (Å²) in [6.45, 7) is 2.02. The standard InChI is InChI=1S/C16H21NO4S/c1-3-4-5-16(18)17(14-10-11-22(19,20)12-14)13-6-8-15(21-2)9-7-13/h6-11,14H,3-5,12H2,1-2H3/t14-/m0/s1. The van der Waals surface area contributed by atoms with Gasteiger partial charge in [0.25, 0.3) is 0 Å².